The van der Waals surface area contributed by atoms with Gasteiger partial charge in [-0.05, 0) is 31.0 Å². The summed E-state index contributed by atoms with van der Waals surface area (Å²) in [7, 11) is 1.94. The maximum Gasteiger partial charge on any atom is 0.234 e. The summed E-state index contributed by atoms with van der Waals surface area (Å²) in [6.07, 6.45) is 2.25. The van der Waals surface area contributed by atoms with Gasteiger partial charge in [-0.1, -0.05) is 24.3 Å². The van der Waals surface area contributed by atoms with E-state index in [1.165, 1.54) is 0 Å². The summed E-state index contributed by atoms with van der Waals surface area (Å²) in [6, 6.07) is 8.22. The average molecular weight is 248 g/mol. The molecule has 4 heteroatoms. The predicted molar refractivity (Wildman–Crippen MR) is 69.9 cm³/mol. The number of carbonyl (C=O) groups excluding carboxylic acids is 1. The van der Waals surface area contributed by atoms with E-state index in [2.05, 4.69) is 5.32 Å². The fourth-order valence-electron chi connectivity index (χ4n) is 1.86. The molecule has 0 bridgehead atoms. The van der Waals surface area contributed by atoms with E-state index < -0.39 is 0 Å². The molecular weight excluding hydrogens is 228 g/mol. The Hall–Kier alpha value is -1.39. The van der Waals surface area contributed by atoms with Crippen LogP contribution in [0.4, 0.5) is 0 Å². The Morgan fingerprint density at radius 1 is 1.33 bits per heavy atom. The standard InChI is InChI=1S/C14H20N2O2/c1-16(9-14(18)15-13-6-7-13)8-11-2-4-12(10-17)5-3-11/h2-5,13,17H,6-10H2,1H3,(H,15,18). The fourth-order valence-corrected chi connectivity index (χ4v) is 1.86. The van der Waals surface area contributed by atoms with Crippen LogP contribution in [0.1, 0.15) is 24.0 Å². The van der Waals surface area contributed by atoms with Crippen molar-refractivity contribution in [1.29, 1.82) is 0 Å². The molecule has 1 amide bonds. The molecule has 1 aliphatic carbocycles. The van der Waals surface area contributed by atoms with Gasteiger partial charge in [-0.25, -0.2) is 0 Å². The minimum Gasteiger partial charge on any atom is -0.392 e. The van der Waals surface area contributed by atoms with Crippen LogP contribution >= 0.6 is 0 Å². The largest absolute Gasteiger partial charge is 0.392 e. The van der Waals surface area contributed by atoms with E-state index in [1.807, 2.05) is 36.2 Å². The first-order valence-corrected chi connectivity index (χ1v) is 6.34. The lowest BCUT2D eigenvalue weighted by atomic mass is 10.1. The molecule has 1 saturated carbocycles. The van der Waals surface area contributed by atoms with Crippen molar-refractivity contribution in [2.75, 3.05) is 13.6 Å². The van der Waals surface area contributed by atoms with E-state index in [1.54, 1.807) is 0 Å². The number of hydrogen-bond donors (Lipinski definition) is 2. The van der Waals surface area contributed by atoms with Crippen LogP contribution in [0.25, 0.3) is 0 Å². The molecule has 0 heterocycles. The lowest BCUT2D eigenvalue weighted by molar-refractivity contribution is -0.122. The molecule has 2 rings (SSSR count). The van der Waals surface area contributed by atoms with Gasteiger partial charge >= 0.3 is 0 Å². The number of nitrogens with one attached hydrogen (secondary N) is 1. The second-order valence-electron chi connectivity index (χ2n) is 4.99. The summed E-state index contributed by atoms with van der Waals surface area (Å²) >= 11 is 0. The van der Waals surface area contributed by atoms with Crippen LogP contribution in [0.3, 0.4) is 0 Å². The van der Waals surface area contributed by atoms with Gasteiger partial charge in [0, 0.05) is 12.6 Å². The van der Waals surface area contributed by atoms with Crippen LogP contribution in [0.2, 0.25) is 0 Å². The highest BCUT2D eigenvalue weighted by atomic mass is 16.3. The molecule has 0 aromatic heterocycles. The first-order chi connectivity index (χ1) is 8.67. The summed E-state index contributed by atoms with van der Waals surface area (Å²) in [5.41, 5.74) is 2.06. The third kappa shape index (κ3) is 4.13. The Bertz CT molecular complexity index is 399. The van der Waals surface area contributed by atoms with Crippen molar-refractivity contribution in [3.8, 4) is 0 Å². The number of nitrogens with zero attached hydrogens (tertiary/aromatic N) is 1. The Balaban J connectivity index is 1.77. The van der Waals surface area contributed by atoms with E-state index in [0.29, 0.717) is 12.6 Å². The third-order valence-corrected chi connectivity index (χ3v) is 3.01. The number of rotatable bonds is 6. The number of amides is 1. The zero-order valence-corrected chi connectivity index (χ0v) is 10.7. The van der Waals surface area contributed by atoms with E-state index >= 15 is 0 Å². The molecule has 0 atom stereocenters. The molecule has 0 spiro atoms. The summed E-state index contributed by atoms with van der Waals surface area (Å²) in [5.74, 6) is 0.104. The minimum atomic E-state index is 0.0694. The summed E-state index contributed by atoms with van der Waals surface area (Å²) in [5, 5.41) is 11.9. The molecule has 1 aromatic carbocycles. The highest BCUT2D eigenvalue weighted by molar-refractivity contribution is 5.78. The zero-order valence-electron chi connectivity index (χ0n) is 10.7. The molecule has 18 heavy (non-hydrogen) atoms. The van der Waals surface area contributed by atoms with Crippen LogP contribution in [0.5, 0.6) is 0 Å². The fraction of sp³-hybridized carbons (Fsp3) is 0.500. The zero-order chi connectivity index (χ0) is 13.0. The van der Waals surface area contributed by atoms with E-state index in [-0.39, 0.29) is 12.5 Å². The molecule has 0 aliphatic heterocycles. The Morgan fingerprint density at radius 3 is 2.50 bits per heavy atom. The predicted octanol–water partition coefficient (Wildman–Crippen LogP) is 0.889. The normalized spacial score (nSPS) is 14.8. The quantitative estimate of drug-likeness (QED) is 0.786. The first-order valence-electron chi connectivity index (χ1n) is 6.34. The van der Waals surface area contributed by atoms with E-state index in [0.717, 1.165) is 30.5 Å². The molecule has 1 aromatic rings. The molecule has 0 unspecified atom stereocenters. The molecule has 98 valence electrons. The van der Waals surface area contributed by atoms with Crippen LogP contribution in [-0.4, -0.2) is 35.5 Å². The van der Waals surface area contributed by atoms with Gasteiger partial charge < -0.3 is 10.4 Å². The van der Waals surface area contributed by atoms with Gasteiger partial charge in [-0.2, -0.15) is 0 Å². The maximum atomic E-state index is 11.6. The lowest BCUT2D eigenvalue weighted by Gasteiger charge is -2.16. The molecule has 1 aliphatic rings. The Labute approximate surface area is 108 Å². The van der Waals surface area contributed by atoms with E-state index in [9.17, 15) is 4.79 Å². The summed E-state index contributed by atoms with van der Waals surface area (Å²) in [6.45, 7) is 1.24. The summed E-state index contributed by atoms with van der Waals surface area (Å²) in [4.78, 5) is 13.6. The van der Waals surface area contributed by atoms with Crippen LogP contribution in [0, 0.1) is 0 Å². The van der Waals surface area contributed by atoms with Crippen molar-refractivity contribution < 1.29 is 9.90 Å². The third-order valence-electron chi connectivity index (χ3n) is 3.01. The van der Waals surface area contributed by atoms with Crippen LogP contribution < -0.4 is 5.32 Å². The van der Waals surface area contributed by atoms with E-state index in [4.69, 9.17) is 5.11 Å². The van der Waals surface area contributed by atoms with Gasteiger partial charge in [0.05, 0.1) is 13.2 Å². The summed E-state index contributed by atoms with van der Waals surface area (Å²) < 4.78 is 0. The van der Waals surface area contributed by atoms with Gasteiger partial charge in [0.1, 0.15) is 0 Å². The maximum absolute atomic E-state index is 11.6. The van der Waals surface area contributed by atoms with Crippen molar-refractivity contribution in [3.05, 3.63) is 35.4 Å². The Morgan fingerprint density at radius 2 is 1.94 bits per heavy atom. The second-order valence-corrected chi connectivity index (χ2v) is 4.99. The highest BCUT2D eigenvalue weighted by Gasteiger charge is 2.23. The number of hydrogen-bond acceptors (Lipinski definition) is 3. The number of carbonyl (C=O) groups is 1. The average Bonchev–Trinajstić information content (AvgIpc) is 3.13. The van der Waals surface area contributed by atoms with Crippen molar-refractivity contribution >= 4 is 5.91 Å². The van der Waals surface area contributed by atoms with Crippen LogP contribution in [-0.2, 0) is 17.9 Å². The molecule has 4 nitrogen and oxygen atoms in total. The van der Waals surface area contributed by atoms with Crippen molar-refractivity contribution in [3.63, 3.8) is 0 Å². The van der Waals surface area contributed by atoms with Gasteiger partial charge in [-0.15, -0.1) is 0 Å². The van der Waals surface area contributed by atoms with Crippen molar-refractivity contribution in [2.45, 2.75) is 32.0 Å². The smallest absolute Gasteiger partial charge is 0.234 e. The molecule has 2 N–H and O–H groups in total. The van der Waals surface area contributed by atoms with Gasteiger partial charge in [-0.3, -0.25) is 9.69 Å². The monoisotopic (exact) mass is 248 g/mol. The number of benzene rings is 1. The molecular formula is C14H20N2O2. The van der Waals surface area contributed by atoms with Crippen molar-refractivity contribution in [1.82, 2.24) is 10.2 Å². The molecule has 1 fully saturated rings. The number of aliphatic hydroxyl groups is 1. The molecule has 0 saturated heterocycles. The lowest BCUT2D eigenvalue weighted by Crippen LogP contribution is -2.35. The van der Waals surface area contributed by atoms with Gasteiger partial charge in [0.2, 0.25) is 5.91 Å². The van der Waals surface area contributed by atoms with Gasteiger partial charge in [0.25, 0.3) is 0 Å². The number of aliphatic hydroxyl groups excluding tert-OH is 1. The van der Waals surface area contributed by atoms with Crippen LogP contribution in [0.15, 0.2) is 24.3 Å². The highest BCUT2D eigenvalue weighted by Crippen LogP contribution is 2.18. The minimum absolute atomic E-state index is 0.0694. The molecule has 0 radical (unpaired) electrons. The Kier molecular flexibility index (Phi) is 4.33. The SMILES string of the molecule is CN(CC(=O)NC1CC1)Cc1ccc(CO)cc1. The first kappa shape index (κ1) is 13.1. The topological polar surface area (TPSA) is 52.6 Å². The second kappa shape index (κ2) is 5.98. The number of likely N-dealkylation sites (N-methyl/N-ethyl adjacent to an activating group) is 1. The van der Waals surface area contributed by atoms with Crippen molar-refractivity contribution in [2.24, 2.45) is 0 Å². The van der Waals surface area contributed by atoms with Gasteiger partial charge in [0.15, 0.2) is 0 Å².